The molecule has 1 aliphatic heterocycles. The van der Waals surface area contributed by atoms with Crippen LogP contribution in [0.5, 0.6) is 5.75 Å². The van der Waals surface area contributed by atoms with Gasteiger partial charge < -0.3 is 9.84 Å². The number of nitrogens with zero attached hydrogens (tertiary/aromatic N) is 5. The van der Waals surface area contributed by atoms with Crippen molar-refractivity contribution in [3.63, 3.8) is 0 Å². The predicted octanol–water partition coefficient (Wildman–Crippen LogP) is 2.83. The Labute approximate surface area is 174 Å². The van der Waals surface area contributed by atoms with Crippen LogP contribution in [-0.2, 0) is 6.54 Å². The van der Waals surface area contributed by atoms with Crippen LogP contribution in [0.1, 0.15) is 12.0 Å². The summed E-state index contributed by atoms with van der Waals surface area (Å²) in [6.45, 7) is 2.26. The molecule has 1 aliphatic rings. The van der Waals surface area contributed by atoms with E-state index in [2.05, 4.69) is 32.1 Å². The van der Waals surface area contributed by atoms with Crippen LogP contribution in [0.2, 0.25) is 0 Å². The molecule has 0 spiro atoms. The van der Waals surface area contributed by atoms with E-state index in [9.17, 15) is 5.11 Å². The molecule has 3 heterocycles. The van der Waals surface area contributed by atoms with E-state index in [0.717, 1.165) is 41.9 Å². The Morgan fingerprint density at radius 3 is 2.80 bits per heavy atom. The summed E-state index contributed by atoms with van der Waals surface area (Å²) in [5.41, 5.74) is 3.12. The summed E-state index contributed by atoms with van der Waals surface area (Å²) in [5, 5.41) is 15.8. The van der Waals surface area contributed by atoms with Gasteiger partial charge in [0.15, 0.2) is 0 Å². The van der Waals surface area contributed by atoms with E-state index in [0.29, 0.717) is 6.54 Å². The zero-order valence-corrected chi connectivity index (χ0v) is 16.5. The summed E-state index contributed by atoms with van der Waals surface area (Å²) in [6, 6.07) is 18.0. The summed E-state index contributed by atoms with van der Waals surface area (Å²) in [4.78, 5) is 10.6. The number of hydrogen-bond donors (Lipinski definition) is 1. The molecular weight excluding hydrogens is 378 g/mol. The molecular formula is C23H23N5O2. The maximum atomic E-state index is 10.7. The van der Waals surface area contributed by atoms with Gasteiger partial charge in [-0.2, -0.15) is 5.10 Å². The fourth-order valence-corrected chi connectivity index (χ4v) is 3.91. The zero-order chi connectivity index (χ0) is 20.3. The van der Waals surface area contributed by atoms with Gasteiger partial charge in [0.2, 0.25) is 0 Å². The highest BCUT2D eigenvalue weighted by Gasteiger charge is 2.29. The lowest BCUT2D eigenvalue weighted by molar-refractivity contribution is -0.0274. The molecule has 2 aromatic heterocycles. The predicted molar refractivity (Wildman–Crippen MR) is 113 cm³/mol. The first-order valence-electron chi connectivity index (χ1n) is 10.1. The number of β-amino-alcohol motifs (C(OH)–C–C–N with tert-alkyl or cyclic N) is 1. The van der Waals surface area contributed by atoms with E-state index in [-0.39, 0.29) is 6.10 Å². The second kappa shape index (κ2) is 8.22. The second-order valence-corrected chi connectivity index (χ2v) is 7.61. The van der Waals surface area contributed by atoms with Crippen molar-refractivity contribution in [3.8, 4) is 11.4 Å². The van der Waals surface area contributed by atoms with Crippen molar-refractivity contribution in [1.82, 2.24) is 24.6 Å². The number of aliphatic hydroxyl groups excluding tert-OH is 1. The van der Waals surface area contributed by atoms with E-state index < -0.39 is 6.10 Å². The Morgan fingerprint density at radius 2 is 2.00 bits per heavy atom. The highest BCUT2D eigenvalue weighted by Crippen LogP contribution is 2.24. The van der Waals surface area contributed by atoms with Crippen molar-refractivity contribution in [1.29, 1.82) is 0 Å². The first-order valence-corrected chi connectivity index (χ1v) is 10.1. The Kier molecular flexibility index (Phi) is 5.13. The molecule has 0 aliphatic carbocycles. The van der Waals surface area contributed by atoms with E-state index in [1.54, 1.807) is 17.2 Å². The molecule has 0 bridgehead atoms. The minimum atomic E-state index is -0.530. The molecule has 2 atom stereocenters. The van der Waals surface area contributed by atoms with Crippen molar-refractivity contribution >= 4 is 10.9 Å². The zero-order valence-electron chi connectivity index (χ0n) is 16.5. The summed E-state index contributed by atoms with van der Waals surface area (Å²) >= 11 is 0. The fourth-order valence-electron chi connectivity index (χ4n) is 3.91. The van der Waals surface area contributed by atoms with E-state index >= 15 is 0 Å². The quantitative estimate of drug-likeness (QED) is 0.554. The number of pyridine rings is 1. The van der Waals surface area contributed by atoms with Crippen molar-refractivity contribution in [2.24, 2.45) is 0 Å². The van der Waals surface area contributed by atoms with Crippen LogP contribution in [0.15, 0.2) is 73.4 Å². The molecule has 0 amide bonds. The number of fused-ring (bicyclic) bond motifs is 1. The highest BCUT2D eigenvalue weighted by atomic mass is 16.5. The Balaban J connectivity index is 1.19. The highest BCUT2D eigenvalue weighted by molar-refractivity contribution is 5.79. The smallest absolute Gasteiger partial charge is 0.138 e. The Morgan fingerprint density at radius 1 is 1.10 bits per heavy atom. The summed E-state index contributed by atoms with van der Waals surface area (Å²) in [6.07, 6.45) is 5.04. The number of ether oxygens (including phenoxy) is 1. The van der Waals surface area contributed by atoms with Crippen molar-refractivity contribution < 1.29 is 9.84 Å². The maximum absolute atomic E-state index is 10.7. The average Bonchev–Trinajstić information content (AvgIpc) is 3.31. The van der Waals surface area contributed by atoms with E-state index in [1.807, 2.05) is 42.5 Å². The number of piperidine rings is 1. The van der Waals surface area contributed by atoms with Crippen molar-refractivity contribution in [3.05, 3.63) is 79.0 Å². The van der Waals surface area contributed by atoms with Gasteiger partial charge in [-0.15, -0.1) is 0 Å². The van der Waals surface area contributed by atoms with Crippen LogP contribution in [0.4, 0.5) is 0 Å². The fraction of sp³-hybridized carbons (Fsp3) is 0.261. The van der Waals surface area contributed by atoms with Crippen LogP contribution in [0.25, 0.3) is 16.6 Å². The van der Waals surface area contributed by atoms with Crippen LogP contribution in [0.3, 0.4) is 0 Å². The molecule has 0 unspecified atom stereocenters. The minimum Gasteiger partial charge on any atom is -0.488 e. The normalized spacial score (nSPS) is 19.8. The minimum absolute atomic E-state index is 0.204. The van der Waals surface area contributed by atoms with Crippen LogP contribution in [0, 0.1) is 0 Å². The van der Waals surface area contributed by atoms with Gasteiger partial charge in [-0.25, -0.2) is 9.67 Å². The summed E-state index contributed by atoms with van der Waals surface area (Å²) in [7, 11) is 0. The monoisotopic (exact) mass is 401 g/mol. The van der Waals surface area contributed by atoms with Crippen LogP contribution >= 0.6 is 0 Å². The summed E-state index contributed by atoms with van der Waals surface area (Å²) in [5.74, 6) is 0.775. The third kappa shape index (κ3) is 4.03. The first-order chi connectivity index (χ1) is 14.7. The third-order valence-corrected chi connectivity index (χ3v) is 5.49. The standard InChI is InChI=1S/C23H23N5O2/c29-22-14-27(13-17-3-5-19(6-4-17)28-16-24-15-26-28)11-9-23(22)30-20-7-8-21-18(12-20)2-1-10-25-21/h1-8,10,12,15-16,22-23,29H,9,11,13-14H2/t22-,23-/m1/s1. The van der Waals surface area contributed by atoms with Crippen LogP contribution in [-0.4, -0.2) is 55.1 Å². The van der Waals surface area contributed by atoms with Gasteiger partial charge in [-0.05, 0) is 48.4 Å². The van der Waals surface area contributed by atoms with Gasteiger partial charge in [0.25, 0.3) is 0 Å². The van der Waals surface area contributed by atoms with Crippen molar-refractivity contribution in [2.75, 3.05) is 13.1 Å². The third-order valence-electron chi connectivity index (χ3n) is 5.49. The molecule has 0 saturated carbocycles. The molecule has 7 heteroatoms. The maximum Gasteiger partial charge on any atom is 0.138 e. The topological polar surface area (TPSA) is 76.3 Å². The molecule has 1 N–H and O–H groups in total. The van der Waals surface area contributed by atoms with E-state index in [4.69, 9.17) is 4.74 Å². The first kappa shape index (κ1) is 18.7. The van der Waals surface area contributed by atoms with E-state index in [1.165, 1.54) is 11.9 Å². The van der Waals surface area contributed by atoms with Gasteiger partial charge >= 0.3 is 0 Å². The second-order valence-electron chi connectivity index (χ2n) is 7.61. The molecule has 5 rings (SSSR count). The number of aliphatic hydroxyl groups is 1. The largest absolute Gasteiger partial charge is 0.488 e. The molecule has 1 fully saturated rings. The van der Waals surface area contributed by atoms with Gasteiger partial charge in [-0.1, -0.05) is 18.2 Å². The number of likely N-dealkylation sites (tertiary alicyclic amines) is 1. The SMILES string of the molecule is O[C@@H]1CN(Cc2ccc(-n3cncn3)cc2)CC[C@H]1Oc1ccc2ncccc2c1. The number of rotatable bonds is 5. The van der Waals surface area contributed by atoms with Gasteiger partial charge in [0, 0.05) is 31.2 Å². The average molecular weight is 401 g/mol. The molecule has 0 radical (unpaired) electrons. The number of aromatic nitrogens is 4. The lowest BCUT2D eigenvalue weighted by atomic mass is 10.0. The molecule has 4 aromatic rings. The molecule has 152 valence electrons. The van der Waals surface area contributed by atoms with Gasteiger partial charge in [0.05, 0.1) is 11.2 Å². The Hall–Kier alpha value is -3.29. The Bertz CT molecular complexity index is 1110. The number of hydrogen-bond acceptors (Lipinski definition) is 6. The molecule has 1 saturated heterocycles. The van der Waals surface area contributed by atoms with Crippen molar-refractivity contribution in [2.45, 2.75) is 25.2 Å². The summed E-state index contributed by atoms with van der Waals surface area (Å²) < 4.78 is 7.85. The molecule has 7 nitrogen and oxygen atoms in total. The molecule has 30 heavy (non-hydrogen) atoms. The lowest BCUT2D eigenvalue weighted by Gasteiger charge is -2.36. The van der Waals surface area contributed by atoms with Crippen LogP contribution < -0.4 is 4.74 Å². The molecule has 2 aromatic carbocycles. The number of benzene rings is 2. The van der Waals surface area contributed by atoms with Gasteiger partial charge in [-0.3, -0.25) is 9.88 Å². The van der Waals surface area contributed by atoms with Gasteiger partial charge in [0.1, 0.15) is 30.6 Å². The lowest BCUT2D eigenvalue weighted by Crippen LogP contribution is -2.48.